The van der Waals surface area contributed by atoms with E-state index in [-0.39, 0.29) is 0 Å². The molecule has 11 heteroatoms. The number of halogens is 1. The number of H-pyrrole nitrogens is 1. The van der Waals surface area contributed by atoms with Gasteiger partial charge in [-0.25, -0.2) is 13.2 Å². The molecule has 0 saturated carbocycles. The number of aromatic amines is 1. The van der Waals surface area contributed by atoms with Crippen molar-refractivity contribution in [2.24, 2.45) is 0 Å². The van der Waals surface area contributed by atoms with Crippen molar-refractivity contribution in [2.75, 3.05) is 19.5 Å². The van der Waals surface area contributed by atoms with Crippen LogP contribution in [0.15, 0.2) is 15.8 Å². The van der Waals surface area contributed by atoms with Gasteiger partial charge < -0.3 is 10.2 Å². The highest BCUT2D eigenvalue weighted by molar-refractivity contribution is 7.88. The van der Waals surface area contributed by atoms with E-state index in [1.54, 1.807) is 4.98 Å². The van der Waals surface area contributed by atoms with Crippen LogP contribution >= 0.6 is 0 Å². The molecule has 20 heavy (non-hydrogen) atoms. The van der Waals surface area contributed by atoms with Crippen LogP contribution in [-0.4, -0.2) is 58.0 Å². The van der Waals surface area contributed by atoms with Crippen LogP contribution in [-0.2, 0) is 16.7 Å². The summed E-state index contributed by atoms with van der Waals surface area (Å²) in [7, 11) is -3.89. The summed E-state index contributed by atoms with van der Waals surface area (Å²) in [4.78, 5) is 24.0. The number of hydrogen-bond donors (Lipinski definition) is 3. The lowest BCUT2D eigenvalue weighted by Gasteiger charge is -2.27. The molecule has 0 fully saturated rings. The van der Waals surface area contributed by atoms with E-state index in [4.69, 9.17) is 10.2 Å². The molecule has 0 radical (unpaired) electrons. The standard InChI is InChI=1S/C9H14FN3O6S/c1-20(18,19)13(6(3-14)4-15)5-12-2-7(10)8(16)11-9(12)17/h2,6,14-15H,3-5H2,1H3,(H,11,16,17). The molecule has 0 amide bonds. The number of aliphatic hydroxyl groups excluding tert-OH is 2. The number of hydrogen-bond acceptors (Lipinski definition) is 6. The van der Waals surface area contributed by atoms with Gasteiger partial charge in [-0.15, -0.1) is 0 Å². The van der Waals surface area contributed by atoms with Crippen molar-refractivity contribution < 1.29 is 23.0 Å². The maximum absolute atomic E-state index is 13.1. The lowest BCUT2D eigenvalue weighted by molar-refractivity contribution is 0.108. The summed E-state index contributed by atoms with van der Waals surface area (Å²) in [5.74, 6) is -1.26. The number of nitrogens with zero attached hydrogens (tertiary/aromatic N) is 2. The molecular weight excluding hydrogens is 297 g/mol. The predicted molar refractivity (Wildman–Crippen MR) is 65.9 cm³/mol. The fraction of sp³-hybridized carbons (Fsp3) is 0.556. The number of sulfonamides is 1. The van der Waals surface area contributed by atoms with Crippen LogP contribution in [0.25, 0.3) is 0 Å². The molecule has 3 N–H and O–H groups in total. The number of aromatic nitrogens is 2. The largest absolute Gasteiger partial charge is 0.395 e. The van der Waals surface area contributed by atoms with Crippen molar-refractivity contribution in [3.05, 3.63) is 32.9 Å². The van der Waals surface area contributed by atoms with Crippen molar-refractivity contribution in [3.63, 3.8) is 0 Å². The lowest BCUT2D eigenvalue weighted by atomic mass is 10.3. The van der Waals surface area contributed by atoms with E-state index in [9.17, 15) is 22.4 Å². The van der Waals surface area contributed by atoms with Crippen molar-refractivity contribution in [2.45, 2.75) is 12.7 Å². The molecule has 1 aromatic heterocycles. The van der Waals surface area contributed by atoms with E-state index in [0.717, 1.165) is 6.26 Å². The molecule has 0 unspecified atom stereocenters. The average molecular weight is 311 g/mol. The minimum Gasteiger partial charge on any atom is -0.395 e. The van der Waals surface area contributed by atoms with Crippen molar-refractivity contribution in [1.29, 1.82) is 0 Å². The first-order valence-electron chi connectivity index (χ1n) is 5.38. The Bertz CT molecular complexity index is 678. The summed E-state index contributed by atoms with van der Waals surface area (Å²) in [5, 5.41) is 18.0. The molecule has 114 valence electrons. The number of nitrogens with one attached hydrogen (secondary N) is 1. The van der Waals surface area contributed by atoms with Crippen molar-refractivity contribution in [1.82, 2.24) is 13.9 Å². The highest BCUT2D eigenvalue weighted by Gasteiger charge is 2.26. The van der Waals surface area contributed by atoms with Crippen LogP contribution < -0.4 is 11.2 Å². The molecule has 0 aliphatic rings. The molecule has 0 atom stereocenters. The lowest BCUT2D eigenvalue weighted by Crippen LogP contribution is -2.47. The van der Waals surface area contributed by atoms with Gasteiger partial charge in [-0.2, -0.15) is 8.70 Å². The van der Waals surface area contributed by atoms with Gasteiger partial charge in [0.25, 0.3) is 5.56 Å². The molecule has 0 aliphatic carbocycles. The van der Waals surface area contributed by atoms with E-state index >= 15 is 0 Å². The van der Waals surface area contributed by atoms with Gasteiger partial charge >= 0.3 is 5.69 Å². The van der Waals surface area contributed by atoms with Gasteiger partial charge in [-0.1, -0.05) is 0 Å². The van der Waals surface area contributed by atoms with E-state index < -0.39 is 53.0 Å². The second-order valence-corrected chi connectivity index (χ2v) is 5.95. The van der Waals surface area contributed by atoms with E-state index in [0.29, 0.717) is 15.1 Å². The Morgan fingerprint density at radius 2 is 1.95 bits per heavy atom. The van der Waals surface area contributed by atoms with Crippen LogP contribution in [0.1, 0.15) is 0 Å². The van der Waals surface area contributed by atoms with E-state index in [2.05, 4.69) is 0 Å². The second kappa shape index (κ2) is 6.26. The molecule has 1 aromatic rings. The molecule has 0 spiro atoms. The molecule has 0 saturated heterocycles. The van der Waals surface area contributed by atoms with Gasteiger partial charge in [-0.3, -0.25) is 14.3 Å². The molecule has 0 bridgehead atoms. The molecule has 9 nitrogen and oxygen atoms in total. The van der Waals surface area contributed by atoms with Gasteiger partial charge in [0.15, 0.2) is 0 Å². The van der Waals surface area contributed by atoms with E-state index in [1.807, 2.05) is 0 Å². The third-order valence-corrected chi connectivity index (χ3v) is 3.78. The van der Waals surface area contributed by atoms with Crippen LogP contribution in [0.3, 0.4) is 0 Å². The first kappa shape index (κ1) is 16.5. The normalized spacial score (nSPS) is 12.3. The average Bonchev–Trinajstić information content (AvgIpc) is 2.34. The second-order valence-electron chi connectivity index (χ2n) is 4.02. The van der Waals surface area contributed by atoms with Gasteiger partial charge in [0.1, 0.15) is 0 Å². The highest BCUT2D eigenvalue weighted by Crippen LogP contribution is 2.06. The summed E-state index contributed by atoms with van der Waals surface area (Å²) in [6, 6.07) is -1.19. The summed E-state index contributed by atoms with van der Waals surface area (Å²) in [5.41, 5.74) is -2.24. The topological polar surface area (TPSA) is 133 Å². The zero-order valence-electron chi connectivity index (χ0n) is 10.5. The van der Waals surface area contributed by atoms with Crippen LogP contribution in [0, 0.1) is 5.82 Å². The van der Waals surface area contributed by atoms with Crippen LogP contribution in [0.4, 0.5) is 4.39 Å². The Morgan fingerprint density at radius 1 is 1.40 bits per heavy atom. The predicted octanol–water partition coefficient (Wildman–Crippen LogP) is -2.75. The smallest absolute Gasteiger partial charge is 0.329 e. The SMILES string of the molecule is CS(=O)(=O)N(Cn1cc(F)c(=O)[nH]c1=O)C(CO)CO. The van der Waals surface area contributed by atoms with Gasteiger partial charge in [-0.05, 0) is 0 Å². The van der Waals surface area contributed by atoms with Crippen molar-refractivity contribution in [3.8, 4) is 0 Å². The number of rotatable bonds is 6. The Kier molecular flexibility index (Phi) is 5.16. The molecule has 1 heterocycles. The maximum atomic E-state index is 13.1. The zero-order valence-corrected chi connectivity index (χ0v) is 11.3. The van der Waals surface area contributed by atoms with Crippen LogP contribution in [0.5, 0.6) is 0 Å². The molecule has 1 rings (SSSR count). The molecular formula is C9H14FN3O6S. The summed E-state index contributed by atoms with van der Waals surface area (Å²) >= 11 is 0. The fourth-order valence-corrected chi connectivity index (χ4v) is 2.48. The summed E-state index contributed by atoms with van der Waals surface area (Å²) in [6.07, 6.45) is 1.35. The monoisotopic (exact) mass is 311 g/mol. The zero-order chi connectivity index (χ0) is 15.5. The van der Waals surface area contributed by atoms with Crippen molar-refractivity contribution >= 4 is 10.0 Å². The van der Waals surface area contributed by atoms with Gasteiger partial charge in [0.05, 0.1) is 38.4 Å². The Hall–Kier alpha value is -1.56. The maximum Gasteiger partial charge on any atom is 0.329 e. The van der Waals surface area contributed by atoms with Gasteiger partial charge in [0, 0.05) is 0 Å². The third kappa shape index (κ3) is 3.72. The molecule has 0 aliphatic heterocycles. The fourth-order valence-electron chi connectivity index (χ4n) is 1.47. The quantitative estimate of drug-likeness (QED) is 0.521. The first-order chi connectivity index (χ1) is 9.20. The summed E-state index contributed by atoms with van der Waals surface area (Å²) < 4.78 is 37.5. The number of aliphatic hydroxyl groups is 2. The Morgan fingerprint density at radius 3 is 2.40 bits per heavy atom. The first-order valence-corrected chi connectivity index (χ1v) is 7.23. The Balaban J connectivity index is 3.24. The highest BCUT2D eigenvalue weighted by atomic mass is 32.2. The van der Waals surface area contributed by atoms with Gasteiger partial charge in [0.2, 0.25) is 15.8 Å². The minimum absolute atomic E-state index is 0.547. The minimum atomic E-state index is -3.89. The summed E-state index contributed by atoms with van der Waals surface area (Å²) in [6.45, 7) is -2.04. The van der Waals surface area contributed by atoms with E-state index in [1.165, 1.54) is 0 Å². The third-order valence-electron chi connectivity index (χ3n) is 2.51. The molecule has 0 aromatic carbocycles. The van der Waals surface area contributed by atoms with Crippen LogP contribution in [0.2, 0.25) is 0 Å². The Labute approximate surface area is 113 Å².